The molecular weight excluding hydrogens is 321 g/mol. The van der Waals surface area contributed by atoms with Crippen molar-refractivity contribution in [3.05, 3.63) is 71.3 Å². The molecule has 0 aliphatic heterocycles. The number of allylic oxidation sites excluding steroid dienone is 1. The first-order valence-electron chi connectivity index (χ1n) is 8.66. The first-order valence-corrected chi connectivity index (χ1v) is 8.66. The first-order chi connectivity index (χ1) is 11.8. The Labute approximate surface area is 148 Å². The van der Waals surface area contributed by atoms with Gasteiger partial charge in [0.25, 0.3) is 0 Å². The van der Waals surface area contributed by atoms with Crippen molar-refractivity contribution in [2.24, 2.45) is 5.92 Å². The second-order valence-electron chi connectivity index (χ2n) is 6.59. The molecule has 0 saturated heterocycles. The molecule has 1 unspecified atom stereocenters. The minimum absolute atomic E-state index is 0.00264. The molecular formula is C22H25F3. The van der Waals surface area contributed by atoms with Crippen LogP contribution in [0.25, 0.3) is 11.1 Å². The summed E-state index contributed by atoms with van der Waals surface area (Å²) in [5.41, 5.74) is 6.12. The standard InChI is InChI=1S/C22H25F3/c1-5-8-18-14-20(12-11-15(18)3)21-17(6-2)9-7-10-19(21)13-16(4)22(23,24)25/h5,7,9-12,14,16H,1,6,8,13H2,2-4H3. The molecule has 0 heterocycles. The molecule has 0 radical (unpaired) electrons. The maximum atomic E-state index is 13.1. The molecule has 25 heavy (non-hydrogen) atoms. The van der Waals surface area contributed by atoms with Gasteiger partial charge in [-0.3, -0.25) is 0 Å². The molecule has 0 aromatic heterocycles. The molecule has 1 atom stereocenters. The Morgan fingerprint density at radius 3 is 2.36 bits per heavy atom. The summed E-state index contributed by atoms with van der Waals surface area (Å²) in [5, 5.41) is 0. The number of hydrogen-bond acceptors (Lipinski definition) is 0. The molecule has 2 aromatic carbocycles. The van der Waals surface area contributed by atoms with Crippen molar-refractivity contribution in [2.75, 3.05) is 0 Å². The van der Waals surface area contributed by atoms with Gasteiger partial charge < -0.3 is 0 Å². The second kappa shape index (κ2) is 7.90. The van der Waals surface area contributed by atoms with Gasteiger partial charge in [-0.1, -0.05) is 56.3 Å². The molecule has 0 nitrogen and oxygen atoms in total. The molecule has 0 amide bonds. The zero-order chi connectivity index (χ0) is 18.6. The zero-order valence-electron chi connectivity index (χ0n) is 15.1. The lowest BCUT2D eigenvalue weighted by atomic mass is 9.87. The number of alkyl halides is 3. The van der Waals surface area contributed by atoms with E-state index in [1.165, 1.54) is 12.5 Å². The Balaban J connectivity index is 2.56. The van der Waals surface area contributed by atoms with Crippen molar-refractivity contribution >= 4 is 0 Å². The lowest BCUT2D eigenvalue weighted by Gasteiger charge is -2.20. The van der Waals surface area contributed by atoms with Crippen LogP contribution in [0.3, 0.4) is 0 Å². The average molecular weight is 346 g/mol. The minimum Gasteiger partial charge on any atom is -0.171 e. The average Bonchev–Trinajstić information content (AvgIpc) is 2.56. The van der Waals surface area contributed by atoms with E-state index in [4.69, 9.17) is 0 Å². The quantitative estimate of drug-likeness (QED) is 0.511. The van der Waals surface area contributed by atoms with Crippen LogP contribution in [0.15, 0.2) is 49.1 Å². The highest BCUT2D eigenvalue weighted by atomic mass is 19.4. The van der Waals surface area contributed by atoms with Crippen molar-refractivity contribution in [1.82, 2.24) is 0 Å². The highest BCUT2D eigenvalue weighted by Crippen LogP contribution is 2.35. The second-order valence-corrected chi connectivity index (χ2v) is 6.59. The lowest BCUT2D eigenvalue weighted by Crippen LogP contribution is -2.22. The Hall–Kier alpha value is -2.03. The van der Waals surface area contributed by atoms with Gasteiger partial charge in [-0.15, -0.1) is 6.58 Å². The molecule has 0 bridgehead atoms. The van der Waals surface area contributed by atoms with E-state index < -0.39 is 12.1 Å². The fraction of sp³-hybridized carbons (Fsp3) is 0.364. The summed E-state index contributed by atoms with van der Waals surface area (Å²) in [7, 11) is 0. The summed E-state index contributed by atoms with van der Waals surface area (Å²) in [6.45, 7) is 9.12. The van der Waals surface area contributed by atoms with Gasteiger partial charge >= 0.3 is 6.18 Å². The van der Waals surface area contributed by atoms with Crippen LogP contribution in [0, 0.1) is 12.8 Å². The summed E-state index contributed by atoms with van der Waals surface area (Å²) in [5.74, 6) is -1.36. The predicted octanol–water partition coefficient (Wildman–Crippen LogP) is 6.69. The molecule has 134 valence electrons. The van der Waals surface area contributed by atoms with Gasteiger partial charge in [-0.2, -0.15) is 13.2 Å². The van der Waals surface area contributed by atoms with E-state index in [-0.39, 0.29) is 6.42 Å². The molecule has 0 aliphatic carbocycles. The van der Waals surface area contributed by atoms with E-state index in [0.29, 0.717) is 0 Å². The van der Waals surface area contributed by atoms with E-state index in [1.54, 1.807) is 0 Å². The van der Waals surface area contributed by atoms with Gasteiger partial charge in [0.15, 0.2) is 0 Å². The van der Waals surface area contributed by atoms with Crippen molar-refractivity contribution in [2.45, 2.75) is 46.2 Å². The largest absolute Gasteiger partial charge is 0.391 e. The molecule has 0 saturated carbocycles. The monoisotopic (exact) mass is 346 g/mol. The van der Waals surface area contributed by atoms with Crippen molar-refractivity contribution in [3.63, 3.8) is 0 Å². The van der Waals surface area contributed by atoms with Crippen LogP contribution in [-0.2, 0) is 19.3 Å². The van der Waals surface area contributed by atoms with E-state index in [0.717, 1.165) is 40.7 Å². The number of hydrogen-bond donors (Lipinski definition) is 0. The molecule has 2 rings (SSSR count). The third-order valence-electron chi connectivity index (χ3n) is 4.70. The Morgan fingerprint density at radius 1 is 1.08 bits per heavy atom. The highest BCUT2D eigenvalue weighted by Gasteiger charge is 2.36. The SMILES string of the molecule is C=CCc1cc(-c2c(CC)cccc2CC(C)C(F)(F)F)ccc1C. The normalized spacial score (nSPS) is 12.9. The van der Waals surface area contributed by atoms with Crippen molar-refractivity contribution in [1.29, 1.82) is 0 Å². The van der Waals surface area contributed by atoms with E-state index in [2.05, 4.69) is 12.6 Å². The topological polar surface area (TPSA) is 0 Å². The summed E-state index contributed by atoms with van der Waals surface area (Å²) >= 11 is 0. The van der Waals surface area contributed by atoms with E-state index in [9.17, 15) is 13.2 Å². The van der Waals surface area contributed by atoms with Gasteiger partial charge in [-0.25, -0.2) is 0 Å². The smallest absolute Gasteiger partial charge is 0.171 e. The molecule has 3 heteroatoms. The van der Waals surface area contributed by atoms with Crippen LogP contribution in [0.4, 0.5) is 13.2 Å². The van der Waals surface area contributed by atoms with Crippen LogP contribution in [0.1, 0.15) is 36.1 Å². The van der Waals surface area contributed by atoms with E-state index >= 15 is 0 Å². The van der Waals surface area contributed by atoms with Gasteiger partial charge in [0.2, 0.25) is 0 Å². The Morgan fingerprint density at radius 2 is 1.76 bits per heavy atom. The first kappa shape index (κ1) is 19.3. The summed E-state index contributed by atoms with van der Waals surface area (Å²) in [4.78, 5) is 0. The Bertz CT molecular complexity index is 741. The lowest BCUT2D eigenvalue weighted by molar-refractivity contribution is -0.169. The fourth-order valence-electron chi connectivity index (χ4n) is 3.14. The molecule has 0 spiro atoms. The molecule has 0 aliphatic rings. The van der Waals surface area contributed by atoms with Gasteiger partial charge in [0.05, 0.1) is 5.92 Å². The van der Waals surface area contributed by atoms with Gasteiger partial charge in [0, 0.05) is 0 Å². The van der Waals surface area contributed by atoms with Crippen molar-refractivity contribution < 1.29 is 13.2 Å². The van der Waals surface area contributed by atoms with Crippen LogP contribution >= 0.6 is 0 Å². The van der Waals surface area contributed by atoms with E-state index in [1.807, 2.05) is 50.3 Å². The maximum Gasteiger partial charge on any atom is 0.391 e. The highest BCUT2D eigenvalue weighted by molar-refractivity contribution is 5.72. The van der Waals surface area contributed by atoms with Crippen LogP contribution in [0.2, 0.25) is 0 Å². The predicted molar refractivity (Wildman–Crippen MR) is 98.8 cm³/mol. The van der Waals surface area contributed by atoms with Gasteiger partial charge in [-0.05, 0) is 59.6 Å². The maximum absolute atomic E-state index is 13.1. The summed E-state index contributed by atoms with van der Waals surface area (Å²) < 4.78 is 39.2. The molecule has 0 N–H and O–H groups in total. The number of halogens is 3. The summed E-state index contributed by atoms with van der Waals surface area (Å²) in [6, 6.07) is 11.8. The minimum atomic E-state index is -4.18. The zero-order valence-corrected chi connectivity index (χ0v) is 15.1. The van der Waals surface area contributed by atoms with Crippen LogP contribution in [0.5, 0.6) is 0 Å². The fourth-order valence-corrected chi connectivity index (χ4v) is 3.14. The Kier molecular flexibility index (Phi) is 6.10. The number of aryl methyl sites for hydroxylation is 2. The molecule has 0 fully saturated rings. The third-order valence-corrected chi connectivity index (χ3v) is 4.70. The molecule has 2 aromatic rings. The van der Waals surface area contributed by atoms with Gasteiger partial charge in [0.1, 0.15) is 0 Å². The third kappa shape index (κ3) is 4.53. The van der Waals surface area contributed by atoms with Crippen molar-refractivity contribution in [3.8, 4) is 11.1 Å². The summed E-state index contributed by atoms with van der Waals surface area (Å²) in [6.07, 6.45) is -0.793. The number of rotatable bonds is 6. The number of benzene rings is 2. The van der Waals surface area contributed by atoms with Crippen LogP contribution < -0.4 is 0 Å². The van der Waals surface area contributed by atoms with Crippen LogP contribution in [-0.4, -0.2) is 6.18 Å².